The van der Waals surface area contributed by atoms with Crippen LogP contribution in [0.15, 0.2) is 42.6 Å². The van der Waals surface area contributed by atoms with Crippen LogP contribution < -0.4 is 15.5 Å². The lowest BCUT2D eigenvalue weighted by atomic mass is 10.0. The highest BCUT2D eigenvalue weighted by molar-refractivity contribution is 6.01. The molecule has 1 atom stereocenters. The van der Waals surface area contributed by atoms with Crippen molar-refractivity contribution >= 4 is 23.3 Å². The minimum atomic E-state index is -0.642. The molecule has 2 amide bonds. The summed E-state index contributed by atoms with van der Waals surface area (Å²) in [4.78, 5) is 34.4. The van der Waals surface area contributed by atoms with Crippen molar-refractivity contribution in [2.24, 2.45) is 5.92 Å². The number of nitrogens with zero attached hydrogens (tertiary/aromatic N) is 3. The zero-order chi connectivity index (χ0) is 21.7. The summed E-state index contributed by atoms with van der Waals surface area (Å²) in [6, 6.07) is 10.4. The molecule has 2 aromatic rings. The van der Waals surface area contributed by atoms with E-state index in [1.54, 1.807) is 18.3 Å². The Balaban J connectivity index is 1.61. The molecular formula is C23H31N5O2. The third kappa shape index (κ3) is 5.57. The van der Waals surface area contributed by atoms with Gasteiger partial charge in [0.15, 0.2) is 0 Å². The lowest BCUT2D eigenvalue weighted by Crippen LogP contribution is -2.47. The van der Waals surface area contributed by atoms with E-state index in [-0.39, 0.29) is 17.7 Å². The highest BCUT2D eigenvalue weighted by Crippen LogP contribution is 2.17. The van der Waals surface area contributed by atoms with E-state index in [2.05, 4.69) is 32.5 Å². The van der Waals surface area contributed by atoms with Crippen molar-refractivity contribution in [3.05, 3.63) is 53.7 Å². The van der Waals surface area contributed by atoms with E-state index >= 15 is 0 Å². The number of anilines is 2. The molecule has 0 aliphatic carbocycles. The maximum absolute atomic E-state index is 12.8. The second-order valence-electron chi connectivity index (χ2n) is 8.25. The fourth-order valence-electron chi connectivity index (χ4n) is 3.37. The van der Waals surface area contributed by atoms with Crippen molar-refractivity contribution in [1.82, 2.24) is 15.2 Å². The molecule has 0 spiro atoms. The fourth-order valence-corrected chi connectivity index (χ4v) is 3.37. The summed E-state index contributed by atoms with van der Waals surface area (Å²) in [5.74, 6) is 0.346. The van der Waals surface area contributed by atoms with Crippen molar-refractivity contribution in [3.63, 3.8) is 0 Å². The molecule has 7 heteroatoms. The van der Waals surface area contributed by atoms with E-state index in [4.69, 9.17) is 0 Å². The molecule has 1 aliphatic rings. The van der Waals surface area contributed by atoms with Gasteiger partial charge in [0.1, 0.15) is 11.9 Å². The highest BCUT2D eigenvalue weighted by Gasteiger charge is 2.25. The number of aryl methyl sites for hydroxylation is 1. The first-order chi connectivity index (χ1) is 14.3. The van der Waals surface area contributed by atoms with Gasteiger partial charge in [-0.3, -0.25) is 9.59 Å². The number of nitrogens with one attached hydrogen (secondary N) is 2. The second kappa shape index (κ2) is 9.71. The van der Waals surface area contributed by atoms with E-state index in [0.717, 1.165) is 37.6 Å². The molecule has 1 fully saturated rings. The number of carbonyl (C=O) groups excluding carboxylic acids is 2. The third-order valence-electron chi connectivity index (χ3n) is 5.39. The van der Waals surface area contributed by atoms with Crippen LogP contribution in [-0.2, 0) is 4.79 Å². The molecule has 0 saturated carbocycles. The van der Waals surface area contributed by atoms with Crippen LogP contribution in [0.4, 0.5) is 11.5 Å². The molecule has 1 aliphatic heterocycles. The lowest BCUT2D eigenvalue weighted by molar-refractivity contribution is -0.118. The monoisotopic (exact) mass is 409 g/mol. The molecule has 0 unspecified atom stereocenters. The summed E-state index contributed by atoms with van der Waals surface area (Å²) in [5.41, 5.74) is 2.24. The smallest absolute Gasteiger partial charge is 0.251 e. The fraction of sp³-hybridized carbons (Fsp3) is 0.435. The average Bonchev–Trinajstić information content (AvgIpc) is 2.73. The van der Waals surface area contributed by atoms with E-state index in [1.165, 1.54) is 0 Å². The van der Waals surface area contributed by atoms with Gasteiger partial charge in [0.05, 0.1) is 11.9 Å². The Morgan fingerprint density at radius 3 is 2.23 bits per heavy atom. The van der Waals surface area contributed by atoms with Gasteiger partial charge in [-0.05, 0) is 44.2 Å². The van der Waals surface area contributed by atoms with E-state index in [0.29, 0.717) is 11.3 Å². The highest BCUT2D eigenvalue weighted by atomic mass is 16.2. The number of pyridine rings is 1. The third-order valence-corrected chi connectivity index (χ3v) is 5.39. The summed E-state index contributed by atoms with van der Waals surface area (Å²) in [7, 11) is 2.12. The van der Waals surface area contributed by atoms with Gasteiger partial charge < -0.3 is 20.4 Å². The standard InChI is InChI=1S/C23H31N5O2/c1-16(2)21(26-22(29)18-7-5-17(3)6-8-18)23(30)25-19-9-10-20(24-15-19)28-13-11-27(4)12-14-28/h5-10,15-16,21H,11-14H2,1-4H3,(H,25,30)(H,26,29)/t21-/m1/s1. The SMILES string of the molecule is Cc1ccc(C(=O)N[C@@H](C(=O)Nc2ccc(N3CCN(C)CC3)nc2)C(C)C)cc1. The molecule has 1 aromatic carbocycles. The molecule has 160 valence electrons. The normalized spacial score (nSPS) is 15.7. The predicted molar refractivity (Wildman–Crippen MR) is 120 cm³/mol. The summed E-state index contributed by atoms with van der Waals surface area (Å²) in [6.07, 6.45) is 1.67. The van der Waals surface area contributed by atoms with Gasteiger partial charge in [-0.1, -0.05) is 31.5 Å². The number of aromatic nitrogens is 1. The molecule has 2 heterocycles. The number of hydrogen-bond donors (Lipinski definition) is 2. The molecule has 0 bridgehead atoms. The van der Waals surface area contributed by atoms with Crippen LogP contribution in [0.25, 0.3) is 0 Å². The summed E-state index contributed by atoms with van der Waals surface area (Å²) >= 11 is 0. The summed E-state index contributed by atoms with van der Waals surface area (Å²) in [5, 5.41) is 5.74. The number of hydrogen-bond acceptors (Lipinski definition) is 5. The average molecular weight is 410 g/mol. The number of carbonyl (C=O) groups is 2. The van der Waals surface area contributed by atoms with Crippen LogP contribution in [-0.4, -0.2) is 61.0 Å². The molecule has 1 aromatic heterocycles. The molecule has 0 radical (unpaired) electrons. The topological polar surface area (TPSA) is 77.6 Å². The molecule has 30 heavy (non-hydrogen) atoms. The molecule has 2 N–H and O–H groups in total. The van der Waals surface area contributed by atoms with Gasteiger partial charge in [-0.2, -0.15) is 0 Å². The van der Waals surface area contributed by atoms with Gasteiger partial charge >= 0.3 is 0 Å². The van der Waals surface area contributed by atoms with Gasteiger partial charge in [-0.15, -0.1) is 0 Å². The molecule has 3 rings (SSSR count). The Morgan fingerprint density at radius 2 is 1.67 bits per heavy atom. The van der Waals surface area contributed by atoms with E-state index < -0.39 is 6.04 Å². The number of piperazine rings is 1. The van der Waals surface area contributed by atoms with Crippen molar-refractivity contribution in [2.45, 2.75) is 26.8 Å². The van der Waals surface area contributed by atoms with Crippen molar-refractivity contribution in [2.75, 3.05) is 43.4 Å². The van der Waals surface area contributed by atoms with E-state index in [9.17, 15) is 9.59 Å². The van der Waals surface area contributed by atoms with Crippen LogP contribution in [0.5, 0.6) is 0 Å². The van der Waals surface area contributed by atoms with Gasteiger partial charge in [0.25, 0.3) is 5.91 Å². The Labute approximate surface area is 178 Å². The first-order valence-electron chi connectivity index (χ1n) is 10.4. The minimum Gasteiger partial charge on any atom is -0.354 e. The molecular weight excluding hydrogens is 378 g/mol. The Morgan fingerprint density at radius 1 is 1.00 bits per heavy atom. The van der Waals surface area contributed by atoms with Crippen molar-refractivity contribution in [1.29, 1.82) is 0 Å². The first kappa shape index (κ1) is 21.8. The molecule has 7 nitrogen and oxygen atoms in total. The first-order valence-corrected chi connectivity index (χ1v) is 10.4. The number of amides is 2. The summed E-state index contributed by atoms with van der Waals surface area (Å²) in [6.45, 7) is 9.69. The van der Waals surface area contributed by atoms with Gasteiger partial charge in [-0.25, -0.2) is 4.98 Å². The lowest BCUT2D eigenvalue weighted by Gasteiger charge is -2.33. The second-order valence-corrected chi connectivity index (χ2v) is 8.25. The number of likely N-dealkylation sites (N-methyl/N-ethyl adjacent to an activating group) is 1. The van der Waals surface area contributed by atoms with Crippen LogP contribution in [0, 0.1) is 12.8 Å². The van der Waals surface area contributed by atoms with Crippen molar-refractivity contribution < 1.29 is 9.59 Å². The Hall–Kier alpha value is -2.93. The van der Waals surface area contributed by atoms with Crippen LogP contribution in [0.2, 0.25) is 0 Å². The Bertz CT molecular complexity index is 856. The van der Waals surface area contributed by atoms with Gasteiger partial charge in [0, 0.05) is 31.7 Å². The predicted octanol–water partition coefficient (Wildman–Crippen LogP) is 2.53. The quantitative estimate of drug-likeness (QED) is 0.767. The zero-order valence-electron chi connectivity index (χ0n) is 18.2. The molecule has 1 saturated heterocycles. The van der Waals surface area contributed by atoms with E-state index in [1.807, 2.05) is 45.0 Å². The Kier molecular flexibility index (Phi) is 7.05. The largest absolute Gasteiger partial charge is 0.354 e. The summed E-state index contributed by atoms with van der Waals surface area (Å²) < 4.78 is 0. The van der Waals surface area contributed by atoms with Crippen molar-refractivity contribution in [3.8, 4) is 0 Å². The van der Waals surface area contributed by atoms with Gasteiger partial charge in [0.2, 0.25) is 5.91 Å². The maximum Gasteiger partial charge on any atom is 0.251 e. The van der Waals surface area contributed by atoms with Crippen LogP contribution >= 0.6 is 0 Å². The van der Waals surface area contributed by atoms with Crippen LogP contribution in [0.1, 0.15) is 29.8 Å². The maximum atomic E-state index is 12.8. The minimum absolute atomic E-state index is 0.0584. The number of rotatable bonds is 6. The zero-order valence-corrected chi connectivity index (χ0v) is 18.2. The number of benzene rings is 1. The van der Waals surface area contributed by atoms with Crippen LogP contribution in [0.3, 0.4) is 0 Å².